The van der Waals surface area contributed by atoms with Gasteiger partial charge in [-0.1, -0.05) is 45.4 Å². The lowest BCUT2D eigenvalue weighted by molar-refractivity contribution is -0.107. The van der Waals surface area contributed by atoms with E-state index in [4.69, 9.17) is 0 Å². The Morgan fingerprint density at radius 1 is 1.27 bits per heavy atom. The van der Waals surface area contributed by atoms with Crippen LogP contribution in [0.4, 0.5) is 0 Å². The highest BCUT2D eigenvalue weighted by Crippen LogP contribution is 2.18. The second kappa shape index (κ2) is 11.8. The first-order valence-corrected chi connectivity index (χ1v) is 8.01. The van der Waals surface area contributed by atoms with Crippen molar-refractivity contribution < 1.29 is 4.79 Å². The number of aldehydes is 1. The Hall–Kier alpha value is -1.77. The number of aromatic nitrogens is 1. The van der Waals surface area contributed by atoms with Crippen LogP contribution in [0, 0.1) is 12.8 Å². The fraction of sp³-hybridized carbons (Fsp3) is 0.526. The van der Waals surface area contributed by atoms with Gasteiger partial charge in [0.25, 0.3) is 0 Å². The zero-order valence-electron chi connectivity index (χ0n) is 14.9. The Labute approximate surface area is 135 Å². The predicted molar refractivity (Wildman–Crippen MR) is 95.6 cm³/mol. The van der Waals surface area contributed by atoms with E-state index in [-0.39, 0.29) is 0 Å². The number of aliphatic imine (C=N–C) groups is 1. The normalized spacial score (nSPS) is 12.0. The van der Waals surface area contributed by atoms with Gasteiger partial charge < -0.3 is 4.79 Å². The zero-order chi connectivity index (χ0) is 17.0. The highest BCUT2D eigenvalue weighted by Gasteiger charge is 2.10. The number of carbonyl (C=O) groups excluding carboxylic acids is 1. The molecule has 1 heterocycles. The maximum Gasteiger partial charge on any atom is 0.119 e. The van der Waals surface area contributed by atoms with Crippen molar-refractivity contribution in [2.75, 3.05) is 7.05 Å². The van der Waals surface area contributed by atoms with Gasteiger partial charge in [0.1, 0.15) is 6.29 Å². The molecular formula is C19H30N2O. The minimum Gasteiger partial charge on any atom is -0.303 e. The summed E-state index contributed by atoms with van der Waals surface area (Å²) in [7, 11) is 1.85. The summed E-state index contributed by atoms with van der Waals surface area (Å²) in [6.45, 7) is 10.5. The van der Waals surface area contributed by atoms with E-state index in [0.29, 0.717) is 12.3 Å². The number of hydrogen-bond acceptors (Lipinski definition) is 3. The van der Waals surface area contributed by atoms with Gasteiger partial charge in [-0.3, -0.25) is 9.98 Å². The number of nitrogens with zero attached hydrogens (tertiary/aromatic N) is 2. The van der Waals surface area contributed by atoms with Crippen molar-refractivity contribution in [2.24, 2.45) is 10.9 Å². The molecule has 1 rings (SSSR count). The van der Waals surface area contributed by atoms with E-state index in [1.807, 2.05) is 20.2 Å². The number of aryl methyl sites for hydroxylation is 1. The van der Waals surface area contributed by atoms with E-state index in [0.717, 1.165) is 30.5 Å². The lowest BCUT2D eigenvalue weighted by Gasteiger charge is -2.13. The molecule has 0 spiro atoms. The van der Waals surface area contributed by atoms with Crippen molar-refractivity contribution in [2.45, 2.75) is 53.9 Å². The summed E-state index contributed by atoms with van der Waals surface area (Å²) in [5.41, 5.74) is 4.69. The standard InChI is InChI=1S/C16H24N2.C3H6O/c1-6-7-14(12(2)3)10-16(17-5)15-9-8-13(4)11-18-15;1-2-3-4/h7-9,11-12H,6,10H2,1-5H3;3H,2H2,1H3/b14-7+,17-16?;. The van der Waals surface area contributed by atoms with E-state index >= 15 is 0 Å². The molecule has 1 aromatic heterocycles. The first-order valence-electron chi connectivity index (χ1n) is 8.01. The summed E-state index contributed by atoms with van der Waals surface area (Å²) in [5, 5.41) is 0. The molecule has 0 aliphatic rings. The predicted octanol–water partition coefficient (Wildman–Crippen LogP) is 4.79. The van der Waals surface area contributed by atoms with Gasteiger partial charge in [0, 0.05) is 26.1 Å². The number of carbonyl (C=O) groups is 1. The van der Waals surface area contributed by atoms with Gasteiger partial charge in [-0.05, 0) is 30.9 Å². The molecule has 0 atom stereocenters. The average molecular weight is 302 g/mol. The van der Waals surface area contributed by atoms with E-state index in [1.165, 1.54) is 11.1 Å². The number of rotatable bonds is 6. The van der Waals surface area contributed by atoms with Crippen LogP contribution in [0.15, 0.2) is 35.0 Å². The van der Waals surface area contributed by atoms with E-state index in [1.54, 1.807) is 0 Å². The van der Waals surface area contributed by atoms with Gasteiger partial charge in [-0.15, -0.1) is 0 Å². The van der Waals surface area contributed by atoms with Crippen LogP contribution in [-0.2, 0) is 4.79 Å². The van der Waals surface area contributed by atoms with Crippen molar-refractivity contribution in [1.29, 1.82) is 0 Å². The van der Waals surface area contributed by atoms with Crippen molar-refractivity contribution in [3.63, 3.8) is 0 Å². The minimum atomic E-state index is 0.562. The van der Waals surface area contributed by atoms with Crippen molar-refractivity contribution in [3.05, 3.63) is 41.2 Å². The lowest BCUT2D eigenvalue weighted by atomic mass is 9.95. The van der Waals surface area contributed by atoms with Gasteiger partial charge in [-0.2, -0.15) is 0 Å². The first-order chi connectivity index (χ1) is 10.5. The third-order valence-electron chi connectivity index (χ3n) is 3.22. The highest BCUT2D eigenvalue weighted by atomic mass is 16.1. The van der Waals surface area contributed by atoms with E-state index in [9.17, 15) is 4.79 Å². The van der Waals surface area contributed by atoms with Crippen LogP contribution >= 0.6 is 0 Å². The van der Waals surface area contributed by atoms with Gasteiger partial charge in [0.15, 0.2) is 0 Å². The molecule has 0 unspecified atom stereocenters. The fourth-order valence-electron chi connectivity index (χ4n) is 1.89. The van der Waals surface area contributed by atoms with Crippen LogP contribution in [-0.4, -0.2) is 24.0 Å². The van der Waals surface area contributed by atoms with Crippen LogP contribution < -0.4 is 0 Å². The Morgan fingerprint density at radius 3 is 2.27 bits per heavy atom. The Balaban J connectivity index is 0.000000980. The van der Waals surface area contributed by atoms with Gasteiger partial charge in [-0.25, -0.2) is 0 Å². The monoisotopic (exact) mass is 302 g/mol. The fourth-order valence-corrected chi connectivity index (χ4v) is 1.89. The average Bonchev–Trinajstić information content (AvgIpc) is 2.52. The van der Waals surface area contributed by atoms with Crippen LogP contribution in [0.1, 0.15) is 58.2 Å². The SMILES string of the molecule is CC/C=C(\CC(=NC)c1ccc(C)cn1)C(C)C.CCC=O. The molecule has 1 aromatic rings. The Bertz CT molecular complexity index is 485. The third kappa shape index (κ3) is 7.87. The van der Waals surface area contributed by atoms with Crippen LogP contribution in [0.25, 0.3) is 0 Å². The lowest BCUT2D eigenvalue weighted by Crippen LogP contribution is -2.08. The molecule has 0 aliphatic carbocycles. The summed E-state index contributed by atoms with van der Waals surface area (Å²) in [6, 6.07) is 4.15. The minimum absolute atomic E-state index is 0.562. The maximum atomic E-state index is 9.17. The second-order valence-electron chi connectivity index (χ2n) is 5.48. The maximum absolute atomic E-state index is 9.17. The van der Waals surface area contributed by atoms with E-state index < -0.39 is 0 Å². The Morgan fingerprint density at radius 2 is 1.91 bits per heavy atom. The van der Waals surface area contributed by atoms with Gasteiger partial charge in [0.05, 0.1) is 11.4 Å². The summed E-state index contributed by atoms with van der Waals surface area (Å²) in [6.07, 6.45) is 7.70. The van der Waals surface area contributed by atoms with Crippen molar-refractivity contribution in [3.8, 4) is 0 Å². The molecule has 0 saturated carbocycles. The van der Waals surface area contributed by atoms with Crippen LogP contribution in [0.5, 0.6) is 0 Å². The summed E-state index contributed by atoms with van der Waals surface area (Å²) >= 11 is 0. The molecule has 3 nitrogen and oxygen atoms in total. The van der Waals surface area contributed by atoms with Crippen LogP contribution in [0.3, 0.4) is 0 Å². The number of allylic oxidation sites excluding steroid dienone is 2. The number of pyridine rings is 1. The van der Waals surface area contributed by atoms with Crippen LogP contribution in [0.2, 0.25) is 0 Å². The quantitative estimate of drug-likeness (QED) is 0.431. The largest absolute Gasteiger partial charge is 0.303 e. The topological polar surface area (TPSA) is 42.3 Å². The molecular weight excluding hydrogens is 272 g/mol. The molecule has 3 heteroatoms. The molecule has 0 aliphatic heterocycles. The third-order valence-corrected chi connectivity index (χ3v) is 3.22. The summed E-state index contributed by atoms with van der Waals surface area (Å²) < 4.78 is 0. The van der Waals surface area contributed by atoms with Gasteiger partial charge in [0.2, 0.25) is 0 Å². The smallest absolute Gasteiger partial charge is 0.119 e. The second-order valence-corrected chi connectivity index (χ2v) is 5.48. The molecule has 0 saturated heterocycles. The summed E-state index contributed by atoms with van der Waals surface area (Å²) in [4.78, 5) is 18.0. The molecule has 22 heavy (non-hydrogen) atoms. The van der Waals surface area contributed by atoms with Crippen molar-refractivity contribution in [1.82, 2.24) is 4.98 Å². The Kier molecular flexibility index (Phi) is 10.9. The molecule has 0 aromatic carbocycles. The molecule has 0 radical (unpaired) electrons. The number of hydrogen-bond donors (Lipinski definition) is 0. The first kappa shape index (κ1) is 20.2. The molecule has 0 bridgehead atoms. The molecule has 0 N–H and O–H groups in total. The molecule has 0 amide bonds. The zero-order valence-corrected chi connectivity index (χ0v) is 14.9. The molecule has 0 fully saturated rings. The highest BCUT2D eigenvalue weighted by molar-refractivity contribution is 6.00. The summed E-state index contributed by atoms with van der Waals surface area (Å²) in [5.74, 6) is 0.562. The van der Waals surface area contributed by atoms with Gasteiger partial charge >= 0.3 is 0 Å². The molecule has 122 valence electrons. The van der Waals surface area contributed by atoms with E-state index in [2.05, 4.69) is 55.9 Å². The van der Waals surface area contributed by atoms with Crippen molar-refractivity contribution >= 4 is 12.0 Å².